The maximum absolute atomic E-state index is 12.0. The third kappa shape index (κ3) is 5.59. The monoisotopic (exact) mass is 345 g/mol. The van der Waals surface area contributed by atoms with Crippen molar-refractivity contribution in [3.63, 3.8) is 0 Å². The normalized spacial score (nSPS) is 10.1. The number of nitrogens with one attached hydrogen (secondary N) is 3. The van der Waals surface area contributed by atoms with Crippen LogP contribution in [0.3, 0.4) is 0 Å². The van der Waals surface area contributed by atoms with Crippen LogP contribution in [0.5, 0.6) is 0 Å². The fourth-order valence-corrected chi connectivity index (χ4v) is 2.39. The predicted octanol–water partition coefficient (Wildman–Crippen LogP) is 3.34. The second-order valence-electron chi connectivity index (χ2n) is 5.49. The van der Waals surface area contributed by atoms with Crippen LogP contribution in [-0.4, -0.2) is 18.4 Å². The molecule has 0 aliphatic carbocycles. The number of hydrogen-bond donors (Lipinski definition) is 3. The number of carbonyl (C=O) groups is 2. The lowest BCUT2D eigenvalue weighted by Crippen LogP contribution is -2.29. The molecule has 2 amide bonds. The lowest BCUT2D eigenvalue weighted by atomic mass is 10.1. The van der Waals surface area contributed by atoms with E-state index < -0.39 is 0 Å². The largest absolute Gasteiger partial charge is 0.374 e. The first kappa shape index (κ1) is 17.8. The molecule has 2 rings (SSSR count). The Hall–Kier alpha value is -2.53. The Morgan fingerprint density at radius 3 is 2.58 bits per heavy atom. The van der Waals surface area contributed by atoms with Crippen LogP contribution >= 0.6 is 11.6 Å². The van der Waals surface area contributed by atoms with E-state index in [1.807, 2.05) is 31.2 Å². The number of carbonyl (C=O) groups excluding carboxylic acids is 2. The van der Waals surface area contributed by atoms with E-state index in [0.29, 0.717) is 22.9 Å². The average molecular weight is 346 g/mol. The van der Waals surface area contributed by atoms with Crippen LogP contribution in [-0.2, 0) is 16.1 Å². The summed E-state index contributed by atoms with van der Waals surface area (Å²) in [6.45, 7) is 3.98. The summed E-state index contributed by atoms with van der Waals surface area (Å²) < 4.78 is 0. The number of anilines is 2. The molecule has 0 fully saturated rings. The molecule has 6 heteroatoms. The first-order valence-corrected chi connectivity index (χ1v) is 7.95. The van der Waals surface area contributed by atoms with Gasteiger partial charge in [-0.15, -0.1) is 0 Å². The van der Waals surface area contributed by atoms with E-state index in [1.54, 1.807) is 18.2 Å². The van der Waals surface area contributed by atoms with Gasteiger partial charge in [0.15, 0.2) is 0 Å². The Balaban J connectivity index is 1.91. The maximum atomic E-state index is 12.0. The van der Waals surface area contributed by atoms with Crippen molar-refractivity contribution in [3.8, 4) is 0 Å². The van der Waals surface area contributed by atoms with Gasteiger partial charge in [0.25, 0.3) is 0 Å². The van der Waals surface area contributed by atoms with Gasteiger partial charge in [-0.05, 0) is 30.7 Å². The smallest absolute Gasteiger partial charge is 0.239 e. The molecule has 0 aliphatic heterocycles. The average Bonchev–Trinajstić information content (AvgIpc) is 2.53. The molecular formula is C18H20ClN3O2. The van der Waals surface area contributed by atoms with Gasteiger partial charge in [-0.3, -0.25) is 9.59 Å². The fourth-order valence-electron chi connectivity index (χ4n) is 2.22. The van der Waals surface area contributed by atoms with Crippen molar-refractivity contribution < 1.29 is 9.59 Å². The highest BCUT2D eigenvalue weighted by molar-refractivity contribution is 6.31. The fraction of sp³-hybridized carbons (Fsp3) is 0.222. The maximum Gasteiger partial charge on any atom is 0.239 e. The molecule has 0 aromatic heterocycles. The quantitative estimate of drug-likeness (QED) is 0.752. The van der Waals surface area contributed by atoms with Crippen LogP contribution < -0.4 is 16.0 Å². The van der Waals surface area contributed by atoms with E-state index in [9.17, 15) is 9.59 Å². The molecule has 0 heterocycles. The number of amides is 2. The summed E-state index contributed by atoms with van der Waals surface area (Å²) in [4.78, 5) is 23.2. The van der Waals surface area contributed by atoms with Gasteiger partial charge < -0.3 is 16.0 Å². The summed E-state index contributed by atoms with van der Waals surface area (Å²) in [5, 5.41) is 9.06. The summed E-state index contributed by atoms with van der Waals surface area (Å²) in [6, 6.07) is 13.0. The summed E-state index contributed by atoms with van der Waals surface area (Å²) in [5.41, 5.74) is 3.38. The van der Waals surface area contributed by atoms with Gasteiger partial charge in [0.2, 0.25) is 11.8 Å². The van der Waals surface area contributed by atoms with E-state index in [4.69, 9.17) is 11.6 Å². The molecule has 0 atom stereocenters. The van der Waals surface area contributed by atoms with Crippen molar-refractivity contribution in [1.29, 1.82) is 0 Å². The van der Waals surface area contributed by atoms with E-state index in [2.05, 4.69) is 16.0 Å². The van der Waals surface area contributed by atoms with E-state index >= 15 is 0 Å². The zero-order valence-corrected chi connectivity index (χ0v) is 14.4. The first-order valence-electron chi connectivity index (χ1n) is 7.57. The molecule has 5 nitrogen and oxygen atoms in total. The Morgan fingerprint density at radius 1 is 1.08 bits per heavy atom. The summed E-state index contributed by atoms with van der Waals surface area (Å²) >= 11 is 5.97. The topological polar surface area (TPSA) is 70.2 Å². The zero-order chi connectivity index (χ0) is 17.5. The number of benzene rings is 2. The molecule has 0 aliphatic rings. The summed E-state index contributed by atoms with van der Waals surface area (Å²) in [7, 11) is 0. The van der Waals surface area contributed by atoms with Crippen LogP contribution in [0.15, 0.2) is 42.5 Å². The van der Waals surface area contributed by atoms with Gasteiger partial charge in [0.05, 0.1) is 17.9 Å². The molecule has 0 unspecified atom stereocenters. The zero-order valence-electron chi connectivity index (χ0n) is 13.7. The highest BCUT2D eigenvalue weighted by Crippen LogP contribution is 2.25. The third-order valence-electron chi connectivity index (χ3n) is 3.30. The summed E-state index contributed by atoms with van der Waals surface area (Å²) in [5.74, 6) is -0.338. The lowest BCUT2D eigenvalue weighted by molar-refractivity contribution is -0.119. The SMILES string of the molecule is CC(=O)Nc1ccc(Cl)cc1NCC(=O)NCc1cccc(C)c1. The van der Waals surface area contributed by atoms with Crippen LogP contribution in [0.2, 0.25) is 5.02 Å². The molecule has 2 aromatic rings. The molecule has 0 spiro atoms. The molecule has 0 saturated heterocycles. The number of aryl methyl sites for hydroxylation is 1. The van der Waals surface area contributed by atoms with Gasteiger partial charge in [-0.1, -0.05) is 41.4 Å². The molecule has 0 radical (unpaired) electrons. The highest BCUT2D eigenvalue weighted by atomic mass is 35.5. The van der Waals surface area contributed by atoms with Gasteiger partial charge in [0.1, 0.15) is 0 Å². The lowest BCUT2D eigenvalue weighted by Gasteiger charge is -2.13. The van der Waals surface area contributed by atoms with Crippen molar-refractivity contribution in [2.24, 2.45) is 0 Å². The number of halogens is 1. The highest BCUT2D eigenvalue weighted by Gasteiger charge is 2.07. The van der Waals surface area contributed by atoms with Crippen LogP contribution in [0, 0.1) is 6.92 Å². The van der Waals surface area contributed by atoms with Crippen LogP contribution in [0.25, 0.3) is 0 Å². The second kappa shape index (κ2) is 8.36. The number of hydrogen-bond acceptors (Lipinski definition) is 3. The van der Waals surface area contributed by atoms with Crippen LogP contribution in [0.4, 0.5) is 11.4 Å². The summed E-state index contributed by atoms with van der Waals surface area (Å²) in [6.07, 6.45) is 0. The second-order valence-corrected chi connectivity index (χ2v) is 5.93. The van der Waals surface area contributed by atoms with Crippen molar-refractivity contribution in [2.75, 3.05) is 17.2 Å². The molecular weight excluding hydrogens is 326 g/mol. The van der Waals surface area contributed by atoms with Crippen molar-refractivity contribution >= 4 is 34.8 Å². The Morgan fingerprint density at radius 2 is 1.88 bits per heavy atom. The standard InChI is InChI=1S/C18H20ClN3O2/c1-12-4-3-5-14(8-12)10-21-18(24)11-20-17-9-15(19)6-7-16(17)22-13(2)23/h3-9,20H,10-11H2,1-2H3,(H,21,24)(H,22,23). The van der Waals surface area contributed by atoms with Crippen molar-refractivity contribution in [1.82, 2.24) is 5.32 Å². The Kier molecular flexibility index (Phi) is 6.21. The minimum absolute atomic E-state index is 0.0821. The third-order valence-corrected chi connectivity index (χ3v) is 3.54. The van der Waals surface area contributed by atoms with E-state index in [0.717, 1.165) is 11.1 Å². The van der Waals surface area contributed by atoms with Crippen LogP contribution in [0.1, 0.15) is 18.1 Å². The minimum atomic E-state index is -0.190. The molecule has 0 saturated carbocycles. The van der Waals surface area contributed by atoms with Gasteiger partial charge in [-0.25, -0.2) is 0 Å². The van der Waals surface area contributed by atoms with Crippen molar-refractivity contribution in [3.05, 3.63) is 58.6 Å². The van der Waals surface area contributed by atoms with Gasteiger partial charge >= 0.3 is 0 Å². The molecule has 3 N–H and O–H groups in total. The minimum Gasteiger partial charge on any atom is -0.374 e. The van der Waals surface area contributed by atoms with Crippen molar-refractivity contribution in [2.45, 2.75) is 20.4 Å². The van der Waals surface area contributed by atoms with E-state index in [1.165, 1.54) is 6.92 Å². The first-order chi connectivity index (χ1) is 11.4. The van der Waals surface area contributed by atoms with Gasteiger partial charge in [-0.2, -0.15) is 0 Å². The Bertz CT molecular complexity index is 747. The van der Waals surface area contributed by atoms with E-state index in [-0.39, 0.29) is 18.4 Å². The molecule has 24 heavy (non-hydrogen) atoms. The van der Waals surface area contributed by atoms with Gasteiger partial charge in [0, 0.05) is 18.5 Å². The Labute approximate surface area is 146 Å². The molecule has 2 aromatic carbocycles. The molecule has 126 valence electrons. The predicted molar refractivity (Wildman–Crippen MR) is 97.3 cm³/mol. The molecule has 0 bridgehead atoms. The number of rotatable bonds is 6.